The van der Waals surface area contributed by atoms with E-state index in [0.717, 1.165) is 25.7 Å². The summed E-state index contributed by atoms with van der Waals surface area (Å²) in [4.78, 5) is 27.6. The van der Waals surface area contributed by atoms with Crippen LogP contribution in [0.1, 0.15) is 32.6 Å². The molecule has 0 aromatic carbocycles. The molecule has 1 saturated carbocycles. The van der Waals surface area contributed by atoms with E-state index in [9.17, 15) is 9.59 Å². The number of carbonyl (C=O) groups excluding carboxylic acids is 2. The average molecular weight is 276 g/mol. The fraction of sp³-hybridized carbons (Fsp3) is 0.500. The minimum atomic E-state index is -0.479. The van der Waals surface area contributed by atoms with Gasteiger partial charge < -0.3 is 16.4 Å². The maximum absolute atomic E-state index is 12.3. The molecule has 4 N–H and O–H groups in total. The molecule has 6 nitrogen and oxygen atoms in total. The molecular weight excluding hydrogens is 256 g/mol. The van der Waals surface area contributed by atoms with E-state index in [-0.39, 0.29) is 17.7 Å². The molecule has 1 unspecified atom stereocenters. The highest BCUT2D eigenvalue weighted by Gasteiger charge is 2.31. The fourth-order valence-electron chi connectivity index (χ4n) is 2.61. The Morgan fingerprint density at radius 1 is 1.35 bits per heavy atom. The van der Waals surface area contributed by atoms with Crippen LogP contribution in [0.5, 0.6) is 0 Å². The summed E-state index contributed by atoms with van der Waals surface area (Å²) < 4.78 is 0. The lowest BCUT2D eigenvalue weighted by molar-refractivity contribution is -0.126. The summed E-state index contributed by atoms with van der Waals surface area (Å²) >= 11 is 0. The number of nitrogens with two attached hydrogens (primary N) is 1. The molecule has 0 radical (unpaired) electrons. The first-order valence-corrected chi connectivity index (χ1v) is 6.86. The van der Waals surface area contributed by atoms with Gasteiger partial charge >= 0.3 is 0 Å². The zero-order valence-corrected chi connectivity index (χ0v) is 11.6. The number of carbonyl (C=O) groups is 2. The van der Waals surface area contributed by atoms with Crippen molar-refractivity contribution in [3.05, 3.63) is 18.3 Å². The summed E-state index contributed by atoms with van der Waals surface area (Å²) in [7, 11) is 0. The standard InChI is InChI=1S/C14H20N4O2/c1-9(19)17-13(10-4-2-3-5-10)14(20)18-11-6-7-12(15)16-8-11/h6-8,10,13H,2-5H2,1H3,(H2,15,16)(H,17,19)(H,18,20). The number of rotatable bonds is 4. The van der Waals surface area contributed by atoms with E-state index >= 15 is 0 Å². The maximum Gasteiger partial charge on any atom is 0.247 e. The second-order valence-electron chi connectivity index (χ2n) is 5.18. The summed E-state index contributed by atoms with van der Waals surface area (Å²) in [6, 6.07) is 2.84. The Bertz CT molecular complexity index is 480. The van der Waals surface area contributed by atoms with Crippen molar-refractivity contribution in [1.29, 1.82) is 0 Å². The van der Waals surface area contributed by atoms with Gasteiger partial charge in [0.25, 0.3) is 0 Å². The van der Waals surface area contributed by atoms with Crippen LogP contribution in [0, 0.1) is 5.92 Å². The Labute approximate surface area is 118 Å². The molecule has 1 aromatic heterocycles. The molecule has 2 rings (SSSR count). The van der Waals surface area contributed by atoms with Crippen molar-refractivity contribution in [2.24, 2.45) is 5.92 Å². The van der Waals surface area contributed by atoms with E-state index in [4.69, 9.17) is 5.73 Å². The molecule has 20 heavy (non-hydrogen) atoms. The number of hydrogen-bond acceptors (Lipinski definition) is 4. The quantitative estimate of drug-likeness (QED) is 0.772. The van der Waals surface area contributed by atoms with E-state index in [1.807, 2.05) is 0 Å². The summed E-state index contributed by atoms with van der Waals surface area (Å²) in [6.45, 7) is 1.43. The Morgan fingerprint density at radius 3 is 2.60 bits per heavy atom. The molecule has 1 aliphatic rings. The van der Waals surface area contributed by atoms with Crippen LogP contribution in [0.3, 0.4) is 0 Å². The van der Waals surface area contributed by atoms with Crippen LogP contribution in [-0.4, -0.2) is 22.8 Å². The highest BCUT2D eigenvalue weighted by Crippen LogP contribution is 2.28. The average Bonchev–Trinajstić information content (AvgIpc) is 2.92. The third-order valence-corrected chi connectivity index (χ3v) is 3.57. The topological polar surface area (TPSA) is 97.1 Å². The summed E-state index contributed by atoms with van der Waals surface area (Å²) in [5.74, 6) is 0.226. The van der Waals surface area contributed by atoms with Crippen molar-refractivity contribution in [2.75, 3.05) is 11.1 Å². The van der Waals surface area contributed by atoms with Crippen molar-refractivity contribution >= 4 is 23.3 Å². The van der Waals surface area contributed by atoms with Gasteiger partial charge in [-0.3, -0.25) is 9.59 Å². The molecule has 2 amide bonds. The van der Waals surface area contributed by atoms with Crippen molar-refractivity contribution in [3.63, 3.8) is 0 Å². The molecule has 1 fully saturated rings. The van der Waals surface area contributed by atoms with Gasteiger partial charge in [0.05, 0.1) is 11.9 Å². The summed E-state index contributed by atoms with van der Waals surface area (Å²) in [6.07, 6.45) is 5.67. The van der Waals surface area contributed by atoms with E-state index in [1.165, 1.54) is 13.1 Å². The van der Waals surface area contributed by atoms with Crippen LogP contribution in [0.15, 0.2) is 18.3 Å². The Hall–Kier alpha value is -2.11. The third-order valence-electron chi connectivity index (χ3n) is 3.57. The van der Waals surface area contributed by atoms with Crippen molar-refractivity contribution in [3.8, 4) is 0 Å². The minimum absolute atomic E-state index is 0.188. The molecule has 1 aliphatic carbocycles. The Morgan fingerprint density at radius 2 is 2.05 bits per heavy atom. The number of hydrogen-bond donors (Lipinski definition) is 3. The zero-order valence-electron chi connectivity index (χ0n) is 11.6. The monoisotopic (exact) mass is 276 g/mol. The first-order valence-electron chi connectivity index (χ1n) is 6.86. The van der Waals surface area contributed by atoms with Gasteiger partial charge in [0, 0.05) is 6.92 Å². The van der Waals surface area contributed by atoms with Gasteiger partial charge in [-0.05, 0) is 30.9 Å². The molecule has 108 valence electrons. The molecule has 1 atom stereocenters. The van der Waals surface area contributed by atoms with Crippen LogP contribution in [0.2, 0.25) is 0 Å². The van der Waals surface area contributed by atoms with Crippen molar-refractivity contribution in [2.45, 2.75) is 38.6 Å². The molecule has 1 heterocycles. The van der Waals surface area contributed by atoms with Gasteiger partial charge in [-0.1, -0.05) is 12.8 Å². The van der Waals surface area contributed by atoms with E-state index in [1.54, 1.807) is 12.1 Å². The number of nitrogens with zero attached hydrogens (tertiary/aromatic N) is 1. The van der Waals surface area contributed by atoms with Crippen LogP contribution < -0.4 is 16.4 Å². The molecule has 6 heteroatoms. The normalized spacial score (nSPS) is 16.6. The number of aromatic nitrogens is 1. The van der Waals surface area contributed by atoms with Crippen LogP contribution in [0.25, 0.3) is 0 Å². The molecule has 0 spiro atoms. The molecule has 1 aromatic rings. The fourth-order valence-corrected chi connectivity index (χ4v) is 2.61. The van der Waals surface area contributed by atoms with Gasteiger partial charge in [-0.15, -0.1) is 0 Å². The largest absolute Gasteiger partial charge is 0.384 e. The highest BCUT2D eigenvalue weighted by atomic mass is 16.2. The predicted molar refractivity (Wildman–Crippen MR) is 76.8 cm³/mol. The first kappa shape index (κ1) is 14.3. The van der Waals surface area contributed by atoms with Gasteiger partial charge in [0.1, 0.15) is 11.9 Å². The lowest BCUT2D eigenvalue weighted by Crippen LogP contribution is -2.47. The van der Waals surface area contributed by atoms with Crippen LogP contribution in [-0.2, 0) is 9.59 Å². The van der Waals surface area contributed by atoms with Crippen LogP contribution in [0.4, 0.5) is 11.5 Å². The third kappa shape index (κ3) is 3.69. The zero-order chi connectivity index (χ0) is 14.5. The number of pyridine rings is 1. The number of nitrogen functional groups attached to an aromatic ring is 1. The minimum Gasteiger partial charge on any atom is -0.384 e. The SMILES string of the molecule is CC(=O)NC(C(=O)Nc1ccc(N)nc1)C1CCCC1. The van der Waals surface area contributed by atoms with Gasteiger partial charge in [0.2, 0.25) is 11.8 Å². The van der Waals surface area contributed by atoms with E-state index in [2.05, 4.69) is 15.6 Å². The Kier molecular flexibility index (Phi) is 4.55. The summed E-state index contributed by atoms with van der Waals surface area (Å²) in [5, 5.41) is 5.54. The lowest BCUT2D eigenvalue weighted by atomic mass is 9.97. The molecule has 0 bridgehead atoms. The smallest absolute Gasteiger partial charge is 0.247 e. The Balaban J connectivity index is 2.05. The van der Waals surface area contributed by atoms with Gasteiger partial charge in [0.15, 0.2) is 0 Å². The van der Waals surface area contributed by atoms with Crippen molar-refractivity contribution < 1.29 is 9.59 Å². The summed E-state index contributed by atoms with van der Waals surface area (Å²) in [5.41, 5.74) is 6.08. The second-order valence-corrected chi connectivity index (χ2v) is 5.18. The van der Waals surface area contributed by atoms with Crippen LogP contribution >= 0.6 is 0 Å². The van der Waals surface area contributed by atoms with Gasteiger partial charge in [-0.2, -0.15) is 0 Å². The molecule has 0 aliphatic heterocycles. The van der Waals surface area contributed by atoms with Crippen molar-refractivity contribution in [1.82, 2.24) is 10.3 Å². The second kappa shape index (κ2) is 6.36. The molecule has 0 saturated heterocycles. The number of amides is 2. The highest BCUT2D eigenvalue weighted by molar-refractivity contribution is 5.97. The number of anilines is 2. The van der Waals surface area contributed by atoms with E-state index < -0.39 is 6.04 Å². The molecular formula is C14H20N4O2. The lowest BCUT2D eigenvalue weighted by Gasteiger charge is -2.23. The predicted octanol–water partition coefficient (Wildman–Crippen LogP) is 1.30. The number of nitrogens with one attached hydrogen (secondary N) is 2. The maximum atomic E-state index is 12.3. The van der Waals surface area contributed by atoms with Gasteiger partial charge in [-0.25, -0.2) is 4.98 Å². The first-order chi connectivity index (χ1) is 9.56. The van der Waals surface area contributed by atoms with E-state index in [0.29, 0.717) is 11.5 Å².